The van der Waals surface area contributed by atoms with Crippen molar-refractivity contribution >= 4 is 0 Å². The summed E-state index contributed by atoms with van der Waals surface area (Å²) in [6.45, 7) is 2.55. The number of para-hydroxylation sites is 1. The van der Waals surface area contributed by atoms with E-state index in [9.17, 15) is 0 Å². The summed E-state index contributed by atoms with van der Waals surface area (Å²) in [5, 5.41) is 0. The molecule has 1 fully saturated rings. The summed E-state index contributed by atoms with van der Waals surface area (Å²) in [4.78, 5) is 0. The Labute approximate surface area is 120 Å². The molecule has 0 saturated carbocycles. The van der Waals surface area contributed by atoms with E-state index in [-0.39, 0.29) is 0 Å². The highest BCUT2D eigenvalue weighted by Gasteiger charge is 2.29. The van der Waals surface area contributed by atoms with Gasteiger partial charge in [0.25, 0.3) is 0 Å². The predicted octanol–water partition coefficient (Wildman–Crippen LogP) is 1.89. The molecule has 20 heavy (non-hydrogen) atoms. The fraction of sp³-hybridized carbons (Fsp3) is 0.625. The van der Waals surface area contributed by atoms with Crippen LogP contribution >= 0.6 is 0 Å². The third kappa shape index (κ3) is 3.14. The average molecular weight is 276 g/mol. The third-order valence-corrected chi connectivity index (χ3v) is 4.62. The maximum absolute atomic E-state index is 5.89. The molecule has 0 aromatic heterocycles. The minimum atomic E-state index is 0.325. The Balaban J connectivity index is 1.62. The molecule has 2 heterocycles. The van der Waals surface area contributed by atoms with E-state index in [1.807, 2.05) is 6.07 Å². The van der Waals surface area contributed by atoms with Crippen LogP contribution in [0.5, 0.6) is 5.75 Å². The van der Waals surface area contributed by atoms with Crippen LogP contribution in [-0.2, 0) is 11.2 Å². The SMILES string of the molecule is NNC(CC1CCOCC1)C1COc2ccccc2C1. The highest BCUT2D eigenvalue weighted by molar-refractivity contribution is 5.35. The van der Waals surface area contributed by atoms with Gasteiger partial charge in [0.1, 0.15) is 5.75 Å². The smallest absolute Gasteiger partial charge is 0.122 e. The van der Waals surface area contributed by atoms with E-state index in [1.54, 1.807) is 0 Å². The number of benzene rings is 1. The van der Waals surface area contributed by atoms with Crippen LogP contribution in [0, 0.1) is 11.8 Å². The predicted molar refractivity (Wildman–Crippen MR) is 78.4 cm³/mol. The quantitative estimate of drug-likeness (QED) is 0.651. The molecular weight excluding hydrogens is 252 g/mol. The highest BCUT2D eigenvalue weighted by atomic mass is 16.5. The molecule has 1 saturated heterocycles. The molecule has 2 atom stereocenters. The topological polar surface area (TPSA) is 56.5 Å². The summed E-state index contributed by atoms with van der Waals surface area (Å²) >= 11 is 0. The summed E-state index contributed by atoms with van der Waals surface area (Å²) in [7, 11) is 0. The first-order valence-electron chi connectivity index (χ1n) is 7.61. The molecule has 2 unspecified atom stereocenters. The van der Waals surface area contributed by atoms with Gasteiger partial charge in [-0.2, -0.15) is 0 Å². The normalized spacial score (nSPS) is 24.8. The van der Waals surface area contributed by atoms with Crippen LogP contribution in [0.15, 0.2) is 24.3 Å². The fourth-order valence-corrected chi connectivity index (χ4v) is 3.35. The largest absolute Gasteiger partial charge is 0.493 e. The molecule has 4 heteroatoms. The first-order valence-corrected chi connectivity index (χ1v) is 7.61. The van der Waals surface area contributed by atoms with E-state index in [2.05, 4.69) is 23.6 Å². The molecule has 0 radical (unpaired) electrons. The van der Waals surface area contributed by atoms with Gasteiger partial charge in [-0.3, -0.25) is 11.3 Å². The van der Waals surface area contributed by atoms with Crippen LogP contribution in [0.2, 0.25) is 0 Å². The molecule has 0 aliphatic carbocycles. The Hall–Kier alpha value is -1.10. The molecule has 1 aromatic carbocycles. The summed E-state index contributed by atoms with van der Waals surface area (Å²) in [5.74, 6) is 8.02. The molecule has 2 aliphatic heterocycles. The molecule has 110 valence electrons. The maximum atomic E-state index is 5.89. The van der Waals surface area contributed by atoms with Gasteiger partial charge in [-0.1, -0.05) is 18.2 Å². The summed E-state index contributed by atoms with van der Waals surface area (Å²) in [6.07, 6.45) is 4.48. The molecule has 3 rings (SSSR count). The maximum Gasteiger partial charge on any atom is 0.122 e. The van der Waals surface area contributed by atoms with Crippen molar-refractivity contribution in [2.45, 2.75) is 31.7 Å². The first-order chi connectivity index (χ1) is 9.86. The van der Waals surface area contributed by atoms with Gasteiger partial charge in [-0.15, -0.1) is 0 Å². The summed E-state index contributed by atoms with van der Waals surface area (Å²) in [6, 6.07) is 8.64. The average Bonchev–Trinajstić information content (AvgIpc) is 2.53. The zero-order chi connectivity index (χ0) is 13.8. The number of fused-ring (bicyclic) bond motifs is 1. The van der Waals surface area contributed by atoms with Crippen molar-refractivity contribution in [3.63, 3.8) is 0 Å². The second-order valence-corrected chi connectivity index (χ2v) is 5.95. The van der Waals surface area contributed by atoms with Gasteiger partial charge in [-0.25, -0.2) is 0 Å². The molecule has 2 aliphatic rings. The second kappa shape index (κ2) is 6.57. The third-order valence-electron chi connectivity index (χ3n) is 4.62. The number of hydrazine groups is 1. The van der Waals surface area contributed by atoms with Crippen LogP contribution in [0.4, 0.5) is 0 Å². The lowest BCUT2D eigenvalue weighted by atomic mass is 9.83. The summed E-state index contributed by atoms with van der Waals surface area (Å²) in [5.41, 5.74) is 4.33. The number of nitrogens with two attached hydrogens (primary N) is 1. The van der Waals surface area contributed by atoms with Crippen molar-refractivity contribution < 1.29 is 9.47 Å². The molecule has 0 bridgehead atoms. The van der Waals surface area contributed by atoms with Crippen molar-refractivity contribution in [3.8, 4) is 5.75 Å². The van der Waals surface area contributed by atoms with Crippen LogP contribution in [0.3, 0.4) is 0 Å². The van der Waals surface area contributed by atoms with Crippen molar-refractivity contribution in [1.82, 2.24) is 5.43 Å². The number of hydrogen-bond acceptors (Lipinski definition) is 4. The van der Waals surface area contributed by atoms with Gasteiger partial charge in [0, 0.05) is 25.2 Å². The monoisotopic (exact) mass is 276 g/mol. The van der Waals surface area contributed by atoms with Crippen LogP contribution in [-0.4, -0.2) is 25.9 Å². The molecule has 0 amide bonds. The Bertz CT molecular complexity index is 432. The van der Waals surface area contributed by atoms with Crippen LogP contribution in [0.25, 0.3) is 0 Å². The second-order valence-electron chi connectivity index (χ2n) is 5.95. The zero-order valence-electron chi connectivity index (χ0n) is 11.9. The lowest BCUT2D eigenvalue weighted by molar-refractivity contribution is 0.0549. The van der Waals surface area contributed by atoms with Crippen LogP contribution in [0.1, 0.15) is 24.8 Å². The van der Waals surface area contributed by atoms with Gasteiger partial charge in [0.05, 0.1) is 6.61 Å². The van der Waals surface area contributed by atoms with E-state index in [0.29, 0.717) is 12.0 Å². The molecule has 1 aromatic rings. The Morgan fingerprint density at radius 1 is 1.25 bits per heavy atom. The van der Waals surface area contributed by atoms with Gasteiger partial charge in [0.15, 0.2) is 0 Å². The number of ether oxygens (including phenoxy) is 2. The lowest BCUT2D eigenvalue weighted by Gasteiger charge is -2.34. The first kappa shape index (κ1) is 13.9. The molecule has 3 N–H and O–H groups in total. The van der Waals surface area contributed by atoms with Gasteiger partial charge < -0.3 is 9.47 Å². The van der Waals surface area contributed by atoms with Crippen LogP contribution < -0.4 is 16.0 Å². The minimum Gasteiger partial charge on any atom is -0.493 e. The number of hydrogen-bond donors (Lipinski definition) is 2. The Kier molecular flexibility index (Phi) is 4.55. The zero-order valence-corrected chi connectivity index (χ0v) is 11.9. The molecule has 4 nitrogen and oxygen atoms in total. The van der Waals surface area contributed by atoms with Gasteiger partial charge >= 0.3 is 0 Å². The van der Waals surface area contributed by atoms with Gasteiger partial charge in [-0.05, 0) is 43.2 Å². The minimum absolute atomic E-state index is 0.325. The lowest BCUT2D eigenvalue weighted by Crippen LogP contribution is -2.46. The van der Waals surface area contributed by atoms with Crippen molar-refractivity contribution in [2.24, 2.45) is 17.7 Å². The Morgan fingerprint density at radius 2 is 2.05 bits per heavy atom. The van der Waals surface area contributed by atoms with Gasteiger partial charge in [0.2, 0.25) is 0 Å². The molecular formula is C16H24N2O2. The Morgan fingerprint density at radius 3 is 2.85 bits per heavy atom. The van der Waals surface area contributed by atoms with Crippen molar-refractivity contribution in [2.75, 3.05) is 19.8 Å². The van der Waals surface area contributed by atoms with E-state index in [1.165, 1.54) is 5.56 Å². The van der Waals surface area contributed by atoms with E-state index in [0.717, 1.165) is 57.2 Å². The fourth-order valence-electron chi connectivity index (χ4n) is 3.35. The van der Waals surface area contributed by atoms with Crippen molar-refractivity contribution in [1.29, 1.82) is 0 Å². The number of nitrogens with one attached hydrogen (secondary N) is 1. The standard InChI is InChI=1S/C16H24N2O2/c17-18-15(9-12-5-7-19-8-6-12)14-10-13-3-1-2-4-16(13)20-11-14/h1-4,12,14-15,18H,5-11,17H2. The number of rotatable bonds is 4. The van der Waals surface area contributed by atoms with E-state index < -0.39 is 0 Å². The highest BCUT2D eigenvalue weighted by Crippen LogP contribution is 2.31. The summed E-state index contributed by atoms with van der Waals surface area (Å²) < 4.78 is 11.3. The van der Waals surface area contributed by atoms with Crippen molar-refractivity contribution in [3.05, 3.63) is 29.8 Å². The van der Waals surface area contributed by atoms with E-state index >= 15 is 0 Å². The van der Waals surface area contributed by atoms with E-state index in [4.69, 9.17) is 15.3 Å². The molecule has 0 spiro atoms.